The minimum atomic E-state index is -0.581. The molecule has 0 saturated carbocycles. The number of amides is 1. The lowest BCUT2D eigenvalue weighted by molar-refractivity contribution is 0.0184. The van der Waals surface area contributed by atoms with E-state index < -0.39 is 17.2 Å². The second-order valence-electron chi connectivity index (χ2n) is 9.13. The number of ether oxygens (including phenoxy) is 1. The molecule has 2 aromatic rings. The number of likely N-dealkylation sites (tertiary alicyclic amines) is 1. The number of nitrogens with one attached hydrogen (secondary N) is 2. The Balaban J connectivity index is 1.40. The lowest BCUT2D eigenvalue weighted by Gasteiger charge is -2.33. The van der Waals surface area contributed by atoms with Gasteiger partial charge in [-0.25, -0.2) is 23.5 Å². The number of aromatic nitrogens is 2. The molecule has 1 aromatic heterocycles. The quantitative estimate of drug-likeness (QED) is 0.389. The lowest BCUT2D eigenvalue weighted by atomic mass is 9.97. The Bertz CT molecular complexity index is 962. The molecule has 2 N–H and O–H groups in total. The Morgan fingerprint density at radius 2 is 1.91 bits per heavy atom. The number of hydrogen-bond acceptors (Lipinski definition) is 6. The average molecular weight is 526 g/mol. The number of benzene rings is 1. The van der Waals surface area contributed by atoms with Crippen LogP contribution in [-0.2, 0) is 11.2 Å². The third-order valence-corrected chi connectivity index (χ3v) is 5.86. The van der Waals surface area contributed by atoms with Gasteiger partial charge in [-0.05, 0) is 68.1 Å². The molecule has 3 rings (SSSR count). The topological polar surface area (TPSA) is 79.4 Å². The second-order valence-corrected chi connectivity index (χ2v) is 9.98. The maximum absolute atomic E-state index is 14.0. The maximum atomic E-state index is 14.0. The molecule has 1 fully saturated rings. The van der Waals surface area contributed by atoms with Gasteiger partial charge in [-0.15, -0.1) is 0 Å². The number of hydrogen-bond donors (Lipinski definition) is 2. The zero-order valence-electron chi connectivity index (χ0n) is 19.1. The van der Waals surface area contributed by atoms with Gasteiger partial charge in [-0.2, -0.15) is 0 Å². The summed E-state index contributed by atoms with van der Waals surface area (Å²) < 4.78 is 33.3. The summed E-state index contributed by atoms with van der Waals surface area (Å²) in [5.41, 5.74) is 0.322. The number of halogens is 3. The van der Waals surface area contributed by atoms with Crippen molar-refractivity contribution in [1.29, 1.82) is 0 Å². The number of piperidine rings is 1. The molecule has 1 amide bonds. The van der Waals surface area contributed by atoms with Gasteiger partial charge in [0.15, 0.2) is 0 Å². The van der Waals surface area contributed by atoms with Gasteiger partial charge in [-0.3, -0.25) is 0 Å². The summed E-state index contributed by atoms with van der Waals surface area (Å²) >= 11 is 2.96. The SMILES string of the molecule is CC(C)(C)OC(=O)N1CCC(CNCCc2cc(Nc3cc(F)c(Br)cc3F)ncn2)CC1. The molecule has 7 nitrogen and oxygen atoms in total. The summed E-state index contributed by atoms with van der Waals surface area (Å²) in [6.07, 6.45) is 3.70. The Hall–Kier alpha value is -2.33. The van der Waals surface area contributed by atoms with Gasteiger partial charge in [0, 0.05) is 43.9 Å². The van der Waals surface area contributed by atoms with Crippen molar-refractivity contribution in [3.05, 3.63) is 46.3 Å². The summed E-state index contributed by atoms with van der Waals surface area (Å²) in [5.74, 6) is -0.242. The number of rotatable bonds is 7. The highest BCUT2D eigenvalue weighted by Crippen LogP contribution is 2.25. The van der Waals surface area contributed by atoms with Crippen LogP contribution in [0.5, 0.6) is 0 Å². The molecule has 10 heteroatoms. The van der Waals surface area contributed by atoms with Crippen LogP contribution in [0.4, 0.5) is 25.1 Å². The van der Waals surface area contributed by atoms with Crippen LogP contribution in [0.25, 0.3) is 0 Å². The Morgan fingerprint density at radius 3 is 2.61 bits per heavy atom. The predicted molar refractivity (Wildman–Crippen MR) is 126 cm³/mol. The fourth-order valence-corrected chi connectivity index (χ4v) is 3.84. The third kappa shape index (κ3) is 7.89. The largest absolute Gasteiger partial charge is 0.444 e. The number of anilines is 2. The molecular formula is C23H30BrF2N5O2. The summed E-state index contributed by atoms with van der Waals surface area (Å²) in [5, 5.41) is 6.25. The van der Waals surface area contributed by atoms with Crippen molar-refractivity contribution in [3.8, 4) is 0 Å². The molecule has 0 radical (unpaired) electrons. The molecular weight excluding hydrogens is 496 g/mol. The molecule has 1 aromatic carbocycles. The molecule has 0 atom stereocenters. The maximum Gasteiger partial charge on any atom is 0.410 e. The van der Waals surface area contributed by atoms with E-state index in [9.17, 15) is 13.6 Å². The third-order valence-electron chi connectivity index (χ3n) is 5.25. The normalized spacial score (nSPS) is 14.9. The summed E-state index contributed by atoms with van der Waals surface area (Å²) in [4.78, 5) is 22.3. The zero-order valence-corrected chi connectivity index (χ0v) is 20.7. The van der Waals surface area contributed by atoms with E-state index in [0.29, 0.717) is 31.2 Å². The van der Waals surface area contributed by atoms with E-state index in [4.69, 9.17) is 4.74 Å². The molecule has 0 bridgehead atoms. The van der Waals surface area contributed by atoms with Gasteiger partial charge in [0.1, 0.15) is 29.4 Å². The highest BCUT2D eigenvalue weighted by Gasteiger charge is 2.26. The van der Waals surface area contributed by atoms with Crippen molar-refractivity contribution in [2.75, 3.05) is 31.5 Å². The first-order valence-electron chi connectivity index (χ1n) is 11.0. The van der Waals surface area contributed by atoms with E-state index in [0.717, 1.165) is 43.8 Å². The second kappa shape index (κ2) is 11.2. The van der Waals surface area contributed by atoms with Gasteiger partial charge in [-0.1, -0.05) is 0 Å². The predicted octanol–water partition coefficient (Wildman–Crippen LogP) is 5.04. The van der Waals surface area contributed by atoms with Gasteiger partial charge >= 0.3 is 6.09 Å². The summed E-state index contributed by atoms with van der Waals surface area (Å²) in [6, 6.07) is 3.87. The van der Waals surface area contributed by atoms with Crippen molar-refractivity contribution in [1.82, 2.24) is 20.2 Å². The van der Waals surface area contributed by atoms with Crippen molar-refractivity contribution < 1.29 is 18.3 Å². The molecule has 1 saturated heterocycles. The standard InChI is InChI=1S/C23H30BrF2N5O2/c1-23(2,3)33-22(32)31-8-5-15(6-9-31)13-27-7-4-16-10-21(29-14-28-16)30-20-12-18(25)17(24)11-19(20)26/h10-12,14-15,27H,4-9,13H2,1-3H3,(H,28,29,30). The molecule has 2 heterocycles. The average Bonchev–Trinajstić information content (AvgIpc) is 2.74. The summed E-state index contributed by atoms with van der Waals surface area (Å²) in [6.45, 7) is 8.61. The molecule has 0 unspecified atom stereocenters. The lowest BCUT2D eigenvalue weighted by Crippen LogP contribution is -2.43. The van der Waals surface area contributed by atoms with Crippen LogP contribution in [0.1, 0.15) is 39.3 Å². The Morgan fingerprint density at radius 1 is 1.18 bits per heavy atom. The fraction of sp³-hybridized carbons (Fsp3) is 0.522. The number of nitrogens with zero attached hydrogens (tertiary/aromatic N) is 3. The van der Waals surface area contributed by atoms with Crippen LogP contribution in [0, 0.1) is 17.6 Å². The van der Waals surface area contributed by atoms with E-state index in [1.165, 1.54) is 6.33 Å². The van der Waals surface area contributed by atoms with Gasteiger partial charge < -0.3 is 20.3 Å². The van der Waals surface area contributed by atoms with Crippen molar-refractivity contribution in [2.45, 2.75) is 45.6 Å². The van der Waals surface area contributed by atoms with Crippen LogP contribution in [0.3, 0.4) is 0 Å². The van der Waals surface area contributed by atoms with Crippen molar-refractivity contribution in [2.24, 2.45) is 5.92 Å². The van der Waals surface area contributed by atoms with Crippen molar-refractivity contribution in [3.63, 3.8) is 0 Å². The van der Waals surface area contributed by atoms with E-state index >= 15 is 0 Å². The minimum absolute atomic E-state index is 0.0104. The van der Waals surface area contributed by atoms with Gasteiger partial charge in [0.2, 0.25) is 0 Å². The molecule has 33 heavy (non-hydrogen) atoms. The van der Waals surface area contributed by atoms with Crippen LogP contribution in [0.2, 0.25) is 0 Å². The van der Waals surface area contributed by atoms with Crippen LogP contribution < -0.4 is 10.6 Å². The van der Waals surface area contributed by atoms with E-state index in [-0.39, 0.29) is 16.3 Å². The van der Waals surface area contributed by atoms with E-state index in [1.807, 2.05) is 20.8 Å². The zero-order chi connectivity index (χ0) is 24.0. The number of carbonyl (C=O) groups excluding carboxylic acids is 1. The Kier molecular flexibility index (Phi) is 8.58. The highest BCUT2D eigenvalue weighted by molar-refractivity contribution is 9.10. The van der Waals surface area contributed by atoms with E-state index in [1.54, 1.807) is 11.0 Å². The van der Waals surface area contributed by atoms with Crippen LogP contribution >= 0.6 is 15.9 Å². The molecule has 1 aliphatic rings. The first kappa shape index (κ1) is 25.3. The van der Waals surface area contributed by atoms with Crippen molar-refractivity contribution >= 4 is 33.5 Å². The van der Waals surface area contributed by atoms with E-state index in [2.05, 4.69) is 36.5 Å². The Labute approximate surface area is 201 Å². The molecule has 180 valence electrons. The number of carbonyl (C=O) groups is 1. The first-order chi connectivity index (χ1) is 15.6. The van der Waals surface area contributed by atoms with Crippen LogP contribution in [0.15, 0.2) is 29.0 Å². The first-order valence-corrected chi connectivity index (χ1v) is 11.8. The fourth-order valence-electron chi connectivity index (χ4n) is 3.53. The smallest absolute Gasteiger partial charge is 0.410 e. The monoisotopic (exact) mass is 525 g/mol. The minimum Gasteiger partial charge on any atom is -0.444 e. The highest BCUT2D eigenvalue weighted by atomic mass is 79.9. The van der Waals surface area contributed by atoms with Crippen LogP contribution in [-0.4, -0.2) is 52.7 Å². The van der Waals surface area contributed by atoms with Gasteiger partial charge in [0.25, 0.3) is 0 Å². The van der Waals surface area contributed by atoms with Gasteiger partial charge in [0.05, 0.1) is 10.2 Å². The molecule has 0 spiro atoms. The molecule has 0 aliphatic carbocycles. The molecule has 1 aliphatic heterocycles. The summed E-state index contributed by atoms with van der Waals surface area (Å²) in [7, 11) is 0.